The summed E-state index contributed by atoms with van der Waals surface area (Å²) in [7, 11) is 3.46. The Hall–Kier alpha value is -2.11. The fourth-order valence-corrected chi connectivity index (χ4v) is 1.33. The van der Waals surface area contributed by atoms with Gasteiger partial charge in [0.2, 0.25) is 5.91 Å². The molecule has 0 saturated heterocycles. The zero-order valence-electron chi connectivity index (χ0n) is 9.21. The van der Waals surface area contributed by atoms with Crippen molar-refractivity contribution in [3.05, 3.63) is 24.8 Å². The zero-order valence-corrected chi connectivity index (χ0v) is 9.21. The molecule has 1 amide bonds. The quantitative estimate of drug-likeness (QED) is 0.810. The molecule has 0 fully saturated rings. The van der Waals surface area contributed by atoms with Crippen LogP contribution in [0.4, 0.5) is 0 Å². The van der Waals surface area contributed by atoms with Gasteiger partial charge < -0.3 is 14.5 Å². The molecule has 2 heterocycles. The molecule has 6 nitrogen and oxygen atoms in total. The van der Waals surface area contributed by atoms with E-state index in [2.05, 4.69) is 15.0 Å². The molecule has 2 aromatic heterocycles. The van der Waals surface area contributed by atoms with Crippen molar-refractivity contribution < 1.29 is 4.79 Å². The monoisotopic (exact) mass is 219 g/mol. The normalized spacial score (nSPS) is 10.4. The van der Waals surface area contributed by atoms with E-state index in [1.54, 1.807) is 48.3 Å². The summed E-state index contributed by atoms with van der Waals surface area (Å²) < 4.78 is 1.77. The van der Waals surface area contributed by atoms with Gasteiger partial charge in [-0.1, -0.05) is 0 Å². The number of H-pyrrole nitrogens is 1. The van der Waals surface area contributed by atoms with Crippen molar-refractivity contribution in [2.24, 2.45) is 0 Å². The van der Waals surface area contributed by atoms with Crippen LogP contribution in [0.25, 0.3) is 11.6 Å². The molecule has 0 atom stereocenters. The lowest BCUT2D eigenvalue weighted by molar-refractivity contribution is -0.129. The highest BCUT2D eigenvalue weighted by molar-refractivity contribution is 5.75. The van der Waals surface area contributed by atoms with Crippen molar-refractivity contribution in [3.8, 4) is 11.6 Å². The molecule has 0 aromatic carbocycles. The zero-order chi connectivity index (χ0) is 11.5. The molecule has 0 aliphatic carbocycles. The minimum absolute atomic E-state index is 0.0193. The Morgan fingerprint density at radius 1 is 1.44 bits per heavy atom. The number of aromatic amines is 1. The molecule has 0 saturated carbocycles. The maximum Gasteiger partial charge on any atom is 0.242 e. The third-order valence-corrected chi connectivity index (χ3v) is 2.23. The molecule has 84 valence electrons. The van der Waals surface area contributed by atoms with Gasteiger partial charge in [-0.2, -0.15) is 0 Å². The Morgan fingerprint density at radius 2 is 2.25 bits per heavy atom. The number of rotatable bonds is 3. The summed E-state index contributed by atoms with van der Waals surface area (Å²) in [6.07, 6.45) is 6.80. The highest BCUT2D eigenvalue weighted by Crippen LogP contribution is 2.11. The molecule has 16 heavy (non-hydrogen) atoms. The number of carbonyl (C=O) groups is 1. The first-order valence-corrected chi connectivity index (χ1v) is 4.89. The summed E-state index contributed by atoms with van der Waals surface area (Å²) >= 11 is 0. The summed E-state index contributed by atoms with van der Waals surface area (Å²) in [6, 6.07) is 0. The summed E-state index contributed by atoms with van der Waals surface area (Å²) in [5.41, 5.74) is 0. The largest absolute Gasteiger partial charge is 0.347 e. The summed E-state index contributed by atoms with van der Waals surface area (Å²) in [4.78, 5) is 24.4. The topological polar surface area (TPSA) is 66.8 Å². The second-order valence-electron chi connectivity index (χ2n) is 3.60. The Labute approximate surface area is 92.9 Å². The number of hydrogen-bond donors (Lipinski definition) is 1. The van der Waals surface area contributed by atoms with E-state index in [0.29, 0.717) is 11.6 Å². The van der Waals surface area contributed by atoms with Crippen LogP contribution in [0.5, 0.6) is 0 Å². The van der Waals surface area contributed by atoms with Crippen molar-refractivity contribution in [1.29, 1.82) is 0 Å². The Kier molecular flexibility index (Phi) is 2.72. The number of likely N-dealkylation sites (N-methyl/N-ethyl adjacent to an activating group) is 1. The molecule has 2 rings (SSSR count). The molecule has 0 aliphatic rings. The van der Waals surface area contributed by atoms with Gasteiger partial charge >= 0.3 is 0 Å². The van der Waals surface area contributed by atoms with Crippen LogP contribution < -0.4 is 0 Å². The van der Waals surface area contributed by atoms with E-state index in [-0.39, 0.29) is 12.5 Å². The van der Waals surface area contributed by atoms with Gasteiger partial charge in [-0.25, -0.2) is 9.97 Å². The van der Waals surface area contributed by atoms with E-state index in [9.17, 15) is 4.79 Å². The van der Waals surface area contributed by atoms with Crippen LogP contribution in [0.3, 0.4) is 0 Å². The number of nitrogens with one attached hydrogen (secondary N) is 1. The predicted octanol–water partition coefficient (Wildman–Crippen LogP) is 0.361. The second kappa shape index (κ2) is 4.18. The number of carbonyl (C=O) groups excluding carboxylic acids is 1. The van der Waals surface area contributed by atoms with Gasteiger partial charge in [0, 0.05) is 38.9 Å². The van der Waals surface area contributed by atoms with Crippen molar-refractivity contribution in [1.82, 2.24) is 24.4 Å². The van der Waals surface area contributed by atoms with E-state index in [0.717, 1.165) is 0 Å². The molecular weight excluding hydrogens is 206 g/mol. The number of imidazole rings is 2. The lowest BCUT2D eigenvalue weighted by atomic mass is 10.5. The van der Waals surface area contributed by atoms with Crippen molar-refractivity contribution in [2.45, 2.75) is 6.54 Å². The molecule has 1 N–H and O–H groups in total. The van der Waals surface area contributed by atoms with Gasteiger partial charge in [-0.05, 0) is 0 Å². The van der Waals surface area contributed by atoms with Crippen LogP contribution >= 0.6 is 0 Å². The van der Waals surface area contributed by atoms with Crippen LogP contribution in [-0.4, -0.2) is 44.4 Å². The van der Waals surface area contributed by atoms with Crippen LogP contribution in [0, 0.1) is 0 Å². The molecule has 0 bridgehead atoms. The maximum atomic E-state index is 11.6. The Bertz CT molecular complexity index is 471. The van der Waals surface area contributed by atoms with Crippen LogP contribution in [0.15, 0.2) is 24.8 Å². The molecule has 6 heteroatoms. The minimum atomic E-state index is 0.0193. The minimum Gasteiger partial charge on any atom is -0.347 e. The lowest BCUT2D eigenvalue weighted by Gasteiger charge is -2.11. The Balaban J connectivity index is 2.24. The first-order chi connectivity index (χ1) is 7.68. The molecular formula is C10H13N5O. The fraction of sp³-hybridized carbons (Fsp3) is 0.300. The van der Waals surface area contributed by atoms with Crippen LogP contribution in [0.1, 0.15) is 0 Å². The van der Waals surface area contributed by atoms with E-state index in [1.165, 1.54) is 0 Å². The summed E-state index contributed by atoms with van der Waals surface area (Å²) in [6.45, 7) is 0.267. The van der Waals surface area contributed by atoms with Gasteiger partial charge in [0.1, 0.15) is 6.54 Å². The smallest absolute Gasteiger partial charge is 0.242 e. The second-order valence-corrected chi connectivity index (χ2v) is 3.60. The Morgan fingerprint density at radius 3 is 2.88 bits per heavy atom. The fourth-order valence-electron chi connectivity index (χ4n) is 1.33. The van der Waals surface area contributed by atoms with Crippen LogP contribution in [-0.2, 0) is 11.3 Å². The summed E-state index contributed by atoms with van der Waals surface area (Å²) in [5.74, 6) is 1.35. The highest BCUT2D eigenvalue weighted by atomic mass is 16.2. The molecule has 0 unspecified atom stereocenters. The maximum absolute atomic E-state index is 11.6. The van der Waals surface area contributed by atoms with Gasteiger partial charge in [-0.3, -0.25) is 4.79 Å². The third kappa shape index (κ3) is 1.95. The van der Waals surface area contributed by atoms with E-state index >= 15 is 0 Å². The van der Waals surface area contributed by atoms with Gasteiger partial charge in [0.25, 0.3) is 0 Å². The van der Waals surface area contributed by atoms with Crippen molar-refractivity contribution in [2.75, 3.05) is 14.1 Å². The predicted molar refractivity (Wildman–Crippen MR) is 58.5 cm³/mol. The molecule has 0 spiro atoms. The first kappa shape index (κ1) is 10.4. The highest BCUT2D eigenvalue weighted by Gasteiger charge is 2.11. The average Bonchev–Trinajstić information content (AvgIpc) is 2.85. The van der Waals surface area contributed by atoms with E-state index < -0.39 is 0 Å². The summed E-state index contributed by atoms with van der Waals surface area (Å²) in [5, 5.41) is 0. The average molecular weight is 219 g/mol. The van der Waals surface area contributed by atoms with Crippen molar-refractivity contribution >= 4 is 5.91 Å². The van der Waals surface area contributed by atoms with E-state index in [4.69, 9.17) is 0 Å². The van der Waals surface area contributed by atoms with Gasteiger partial charge in [0.05, 0.1) is 0 Å². The number of hydrogen-bond acceptors (Lipinski definition) is 3. The van der Waals surface area contributed by atoms with Crippen molar-refractivity contribution in [3.63, 3.8) is 0 Å². The van der Waals surface area contributed by atoms with Gasteiger partial charge in [-0.15, -0.1) is 0 Å². The first-order valence-electron chi connectivity index (χ1n) is 4.89. The number of aromatic nitrogens is 4. The molecule has 2 aromatic rings. The SMILES string of the molecule is CN(C)C(=O)Cn1ccnc1-c1ncc[nH]1. The molecule has 0 aliphatic heterocycles. The number of amides is 1. The number of nitrogens with zero attached hydrogens (tertiary/aromatic N) is 4. The van der Waals surface area contributed by atoms with E-state index in [1.807, 2.05) is 0 Å². The van der Waals surface area contributed by atoms with Gasteiger partial charge in [0.15, 0.2) is 11.6 Å². The lowest BCUT2D eigenvalue weighted by Crippen LogP contribution is -2.26. The van der Waals surface area contributed by atoms with Crippen LogP contribution in [0.2, 0.25) is 0 Å². The third-order valence-electron chi connectivity index (χ3n) is 2.23. The molecule has 0 radical (unpaired) electrons. The standard InChI is InChI=1S/C10H13N5O/c1-14(2)8(16)7-15-6-5-13-10(15)9-11-3-4-12-9/h3-6H,7H2,1-2H3,(H,11,12).